The summed E-state index contributed by atoms with van der Waals surface area (Å²) in [5.41, 5.74) is 7.65. The number of hydrogen-bond donors (Lipinski definition) is 2. The van der Waals surface area contributed by atoms with Crippen LogP contribution >= 0.6 is 0 Å². The second-order valence-corrected chi connectivity index (χ2v) is 8.09. The monoisotopic (exact) mass is 440 g/mol. The molecule has 6 nitrogen and oxygen atoms in total. The molecule has 0 radical (unpaired) electrons. The predicted molar refractivity (Wildman–Crippen MR) is 129 cm³/mol. The predicted octanol–water partition coefficient (Wildman–Crippen LogP) is 3.23. The van der Waals surface area contributed by atoms with Gasteiger partial charge < -0.3 is 11.1 Å². The Labute approximate surface area is 194 Å². The number of guanidine groups is 1. The number of unbranched alkanes of at least 4 members (excludes halogenated alkanes) is 1. The molecular weight excluding hydrogens is 412 g/mol. The van der Waals surface area contributed by atoms with E-state index in [4.69, 9.17) is 10.7 Å². The quantitative estimate of drug-likeness (QED) is 0.501. The maximum atomic E-state index is 13.7. The Kier molecular flexibility index (Phi) is 6.83. The SMILES string of the molecule is NC1=NC(c2ccccc2)(c2ccccc2)C(=O)N1CCCCNC(=O)Cc1ccccc1. The van der Waals surface area contributed by atoms with E-state index in [9.17, 15) is 9.59 Å². The van der Waals surface area contributed by atoms with Gasteiger partial charge in [0, 0.05) is 13.1 Å². The van der Waals surface area contributed by atoms with Gasteiger partial charge in [-0.2, -0.15) is 0 Å². The highest BCUT2D eigenvalue weighted by molar-refractivity contribution is 6.09. The van der Waals surface area contributed by atoms with E-state index in [1.54, 1.807) is 4.90 Å². The Balaban J connectivity index is 1.37. The zero-order valence-corrected chi connectivity index (χ0v) is 18.5. The summed E-state index contributed by atoms with van der Waals surface area (Å²) in [6.45, 7) is 0.997. The maximum Gasteiger partial charge on any atom is 0.266 e. The number of nitrogens with two attached hydrogens (primary N) is 1. The van der Waals surface area contributed by atoms with Crippen LogP contribution in [-0.4, -0.2) is 35.8 Å². The lowest BCUT2D eigenvalue weighted by atomic mass is 9.83. The van der Waals surface area contributed by atoms with Crippen LogP contribution in [0, 0.1) is 0 Å². The standard InChI is InChI=1S/C27H28N4O2/c28-26-30-27(22-14-6-2-7-15-22,23-16-8-3-9-17-23)25(33)31(26)19-11-10-18-29-24(32)20-21-12-4-1-5-13-21/h1-9,12-17H,10-11,18-20H2,(H2,28,30)(H,29,32). The minimum absolute atomic E-state index is 0.00769. The highest BCUT2D eigenvalue weighted by atomic mass is 16.2. The fourth-order valence-corrected chi connectivity index (χ4v) is 4.16. The molecule has 0 unspecified atom stereocenters. The lowest BCUT2D eigenvalue weighted by Gasteiger charge is -2.27. The van der Waals surface area contributed by atoms with Gasteiger partial charge in [-0.05, 0) is 29.5 Å². The fraction of sp³-hybridized carbons (Fsp3) is 0.222. The maximum absolute atomic E-state index is 13.7. The molecule has 1 aliphatic heterocycles. The second kappa shape index (κ2) is 10.1. The first kappa shape index (κ1) is 22.3. The molecule has 4 rings (SSSR count). The number of amides is 2. The number of carbonyl (C=O) groups excluding carboxylic acids is 2. The van der Waals surface area contributed by atoms with Gasteiger partial charge in [0.05, 0.1) is 6.42 Å². The summed E-state index contributed by atoms with van der Waals surface area (Å²) >= 11 is 0. The molecule has 6 heteroatoms. The number of nitrogens with one attached hydrogen (secondary N) is 1. The lowest BCUT2D eigenvalue weighted by molar-refractivity contribution is -0.130. The molecule has 0 saturated carbocycles. The molecule has 3 aromatic carbocycles. The van der Waals surface area contributed by atoms with Gasteiger partial charge >= 0.3 is 0 Å². The van der Waals surface area contributed by atoms with E-state index in [2.05, 4.69) is 5.32 Å². The molecule has 0 spiro atoms. The lowest BCUT2D eigenvalue weighted by Crippen LogP contribution is -2.44. The summed E-state index contributed by atoms with van der Waals surface area (Å²) in [7, 11) is 0. The smallest absolute Gasteiger partial charge is 0.266 e. The van der Waals surface area contributed by atoms with Crippen molar-refractivity contribution >= 4 is 17.8 Å². The first-order valence-corrected chi connectivity index (χ1v) is 11.2. The molecule has 0 aliphatic carbocycles. The molecule has 168 valence electrons. The number of hydrogen-bond acceptors (Lipinski definition) is 4. The number of nitrogens with zero attached hydrogens (tertiary/aromatic N) is 2. The highest BCUT2D eigenvalue weighted by Crippen LogP contribution is 2.39. The third-order valence-corrected chi connectivity index (χ3v) is 5.83. The number of carbonyl (C=O) groups is 2. The summed E-state index contributed by atoms with van der Waals surface area (Å²) in [5.74, 6) is 0.0676. The molecule has 3 aromatic rings. The zero-order chi connectivity index (χ0) is 23.1. The summed E-state index contributed by atoms with van der Waals surface area (Å²) in [6.07, 6.45) is 1.80. The van der Waals surface area contributed by atoms with Crippen molar-refractivity contribution in [3.63, 3.8) is 0 Å². The Bertz CT molecular complexity index is 1080. The van der Waals surface area contributed by atoms with E-state index >= 15 is 0 Å². The van der Waals surface area contributed by atoms with Crippen LogP contribution in [0.1, 0.15) is 29.5 Å². The fourth-order valence-electron chi connectivity index (χ4n) is 4.16. The van der Waals surface area contributed by atoms with Crippen LogP contribution in [0.5, 0.6) is 0 Å². The van der Waals surface area contributed by atoms with Crippen LogP contribution in [-0.2, 0) is 21.5 Å². The van der Waals surface area contributed by atoms with E-state index < -0.39 is 5.54 Å². The highest BCUT2D eigenvalue weighted by Gasteiger charge is 2.50. The van der Waals surface area contributed by atoms with Crippen molar-refractivity contribution in [2.75, 3.05) is 13.1 Å². The van der Waals surface area contributed by atoms with Crippen LogP contribution in [0.4, 0.5) is 0 Å². The molecule has 2 amide bonds. The third kappa shape index (κ3) is 4.80. The van der Waals surface area contributed by atoms with Crippen molar-refractivity contribution in [1.29, 1.82) is 0 Å². The molecule has 0 saturated heterocycles. The van der Waals surface area contributed by atoms with E-state index in [0.29, 0.717) is 25.9 Å². The van der Waals surface area contributed by atoms with E-state index in [1.165, 1.54) is 0 Å². The minimum atomic E-state index is -1.17. The normalized spacial score (nSPS) is 14.7. The van der Waals surface area contributed by atoms with Crippen LogP contribution in [0.2, 0.25) is 0 Å². The number of rotatable bonds is 9. The van der Waals surface area contributed by atoms with Crippen molar-refractivity contribution in [2.24, 2.45) is 10.7 Å². The summed E-state index contributed by atoms with van der Waals surface area (Å²) < 4.78 is 0. The first-order chi connectivity index (χ1) is 16.1. The Morgan fingerprint density at radius 2 is 1.39 bits per heavy atom. The minimum Gasteiger partial charge on any atom is -0.369 e. The van der Waals surface area contributed by atoms with Crippen molar-refractivity contribution in [3.8, 4) is 0 Å². The molecule has 3 N–H and O–H groups in total. The third-order valence-electron chi connectivity index (χ3n) is 5.83. The average Bonchev–Trinajstić information content (AvgIpc) is 3.11. The number of benzene rings is 3. The van der Waals surface area contributed by atoms with E-state index in [0.717, 1.165) is 23.1 Å². The van der Waals surface area contributed by atoms with Crippen molar-refractivity contribution in [1.82, 2.24) is 10.2 Å². The van der Waals surface area contributed by atoms with Gasteiger partial charge in [0.25, 0.3) is 5.91 Å². The van der Waals surface area contributed by atoms with Gasteiger partial charge in [-0.1, -0.05) is 91.0 Å². The van der Waals surface area contributed by atoms with Crippen LogP contribution in [0.25, 0.3) is 0 Å². The van der Waals surface area contributed by atoms with Crippen LogP contribution in [0.3, 0.4) is 0 Å². The zero-order valence-electron chi connectivity index (χ0n) is 18.5. The topological polar surface area (TPSA) is 87.8 Å². The van der Waals surface area contributed by atoms with E-state index in [-0.39, 0.29) is 17.8 Å². The molecule has 1 aliphatic rings. The van der Waals surface area contributed by atoms with E-state index in [1.807, 2.05) is 91.0 Å². The average molecular weight is 441 g/mol. The van der Waals surface area contributed by atoms with Gasteiger partial charge in [-0.25, -0.2) is 4.99 Å². The van der Waals surface area contributed by atoms with Crippen molar-refractivity contribution in [2.45, 2.75) is 24.8 Å². The Morgan fingerprint density at radius 3 is 1.97 bits per heavy atom. The largest absolute Gasteiger partial charge is 0.369 e. The number of aliphatic imine (C=N–C) groups is 1. The summed E-state index contributed by atoms with van der Waals surface area (Å²) in [6, 6.07) is 28.7. The first-order valence-electron chi connectivity index (χ1n) is 11.2. The molecule has 0 bridgehead atoms. The molecule has 0 atom stereocenters. The van der Waals surface area contributed by atoms with Gasteiger partial charge in [0.1, 0.15) is 0 Å². The molecular formula is C27H28N4O2. The second-order valence-electron chi connectivity index (χ2n) is 8.09. The Hall–Kier alpha value is -3.93. The molecule has 0 aromatic heterocycles. The van der Waals surface area contributed by atoms with Gasteiger partial charge in [-0.3, -0.25) is 14.5 Å². The molecule has 0 fully saturated rings. The van der Waals surface area contributed by atoms with Crippen LogP contribution < -0.4 is 11.1 Å². The summed E-state index contributed by atoms with van der Waals surface area (Å²) in [5, 5.41) is 2.94. The van der Waals surface area contributed by atoms with Gasteiger partial charge in [0.15, 0.2) is 11.5 Å². The molecule has 33 heavy (non-hydrogen) atoms. The van der Waals surface area contributed by atoms with Gasteiger partial charge in [0.2, 0.25) is 5.91 Å². The van der Waals surface area contributed by atoms with Crippen molar-refractivity contribution < 1.29 is 9.59 Å². The van der Waals surface area contributed by atoms with Crippen LogP contribution in [0.15, 0.2) is 96.0 Å². The molecule has 1 heterocycles. The van der Waals surface area contributed by atoms with Gasteiger partial charge in [-0.15, -0.1) is 0 Å². The summed E-state index contributed by atoms with van der Waals surface area (Å²) in [4.78, 5) is 32.1. The Morgan fingerprint density at radius 1 is 0.848 bits per heavy atom. The van der Waals surface area contributed by atoms with Crippen molar-refractivity contribution in [3.05, 3.63) is 108 Å².